The van der Waals surface area contributed by atoms with Crippen LogP contribution in [-0.2, 0) is 16.1 Å². The Morgan fingerprint density at radius 2 is 1.55 bits per heavy atom. The quantitative estimate of drug-likeness (QED) is 0.604. The van der Waals surface area contributed by atoms with Gasteiger partial charge in [-0.1, -0.05) is 59.7 Å². The van der Waals surface area contributed by atoms with Crippen LogP contribution in [0, 0.1) is 13.8 Å². The molecule has 0 saturated carbocycles. The topological polar surface area (TPSA) is 64.4 Å². The van der Waals surface area contributed by atoms with Crippen LogP contribution in [0.3, 0.4) is 0 Å². The zero-order chi connectivity index (χ0) is 21.0. The van der Waals surface area contributed by atoms with Crippen LogP contribution in [0.2, 0.25) is 0 Å². The van der Waals surface area contributed by atoms with Crippen molar-refractivity contribution < 1.29 is 14.3 Å². The van der Waals surface area contributed by atoms with Crippen molar-refractivity contribution in [3.8, 4) is 11.3 Å². The molecule has 0 unspecified atom stereocenters. The molecule has 0 aliphatic carbocycles. The lowest BCUT2D eigenvalue weighted by Crippen LogP contribution is -2.27. The predicted octanol–water partition coefficient (Wildman–Crippen LogP) is 3.46. The number of nitrogens with zero attached hydrogens (tertiary/aromatic N) is 3. The van der Waals surface area contributed by atoms with E-state index in [-0.39, 0.29) is 12.5 Å². The fraction of sp³-hybridized carbons (Fsp3) is 0.261. The molecule has 0 atom stereocenters. The fourth-order valence-electron chi connectivity index (χ4n) is 2.79. The van der Waals surface area contributed by atoms with Crippen molar-refractivity contribution in [3.05, 3.63) is 77.0 Å². The first-order chi connectivity index (χ1) is 13.8. The number of esters is 1. The van der Waals surface area contributed by atoms with Crippen LogP contribution >= 0.6 is 0 Å². The van der Waals surface area contributed by atoms with E-state index in [1.165, 1.54) is 10.5 Å². The van der Waals surface area contributed by atoms with Gasteiger partial charge in [0.1, 0.15) is 11.3 Å². The summed E-state index contributed by atoms with van der Waals surface area (Å²) in [7, 11) is 3.24. The molecule has 0 fully saturated rings. The Bertz CT molecular complexity index is 1000. The lowest BCUT2D eigenvalue weighted by atomic mass is 10.1. The van der Waals surface area contributed by atoms with Gasteiger partial charge in [-0.15, -0.1) is 0 Å². The highest BCUT2D eigenvalue weighted by Crippen LogP contribution is 2.24. The second-order valence-electron chi connectivity index (χ2n) is 7.30. The van der Waals surface area contributed by atoms with Crippen molar-refractivity contribution in [2.24, 2.45) is 0 Å². The molecule has 29 heavy (non-hydrogen) atoms. The summed E-state index contributed by atoms with van der Waals surface area (Å²) in [5, 5.41) is 4.63. The molecule has 6 heteroatoms. The molecular formula is C23H25N3O3. The number of aryl methyl sites for hydroxylation is 2. The van der Waals surface area contributed by atoms with Gasteiger partial charge in [0.15, 0.2) is 6.61 Å². The number of hydrogen-bond donors (Lipinski definition) is 0. The number of aromatic nitrogens is 2. The van der Waals surface area contributed by atoms with E-state index in [9.17, 15) is 9.59 Å². The summed E-state index contributed by atoms with van der Waals surface area (Å²) in [4.78, 5) is 25.9. The molecule has 3 aromatic rings. The Balaban J connectivity index is 1.90. The van der Waals surface area contributed by atoms with E-state index >= 15 is 0 Å². The summed E-state index contributed by atoms with van der Waals surface area (Å²) >= 11 is 0. The van der Waals surface area contributed by atoms with E-state index in [2.05, 4.69) is 5.10 Å². The molecule has 0 aliphatic rings. The van der Waals surface area contributed by atoms with Gasteiger partial charge < -0.3 is 9.64 Å². The summed E-state index contributed by atoms with van der Waals surface area (Å²) in [6.45, 7) is 4.27. The van der Waals surface area contributed by atoms with Crippen LogP contribution in [0.5, 0.6) is 0 Å². The summed E-state index contributed by atoms with van der Waals surface area (Å²) in [6, 6.07) is 16.0. The number of carbonyl (C=O) groups is 2. The number of likely N-dealkylation sites (N-methyl/N-ethyl adjacent to an activating group) is 1. The third kappa shape index (κ3) is 5.10. The average molecular weight is 391 g/mol. The minimum atomic E-state index is -0.564. The maximum atomic E-state index is 12.7. The van der Waals surface area contributed by atoms with Crippen LogP contribution in [-0.4, -0.2) is 47.3 Å². The van der Waals surface area contributed by atoms with E-state index in [1.807, 2.05) is 62.4 Å². The van der Waals surface area contributed by atoms with Crippen molar-refractivity contribution in [2.45, 2.75) is 20.4 Å². The highest BCUT2D eigenvalue weighted by molar-refractivity contribution is 5.97. The predicted molar refractivity (Wildman–Crippen MR) is 112 cm³/mol. The first-order valence-corrected chi connectivity index (χ1v) is 9.41. The third-order valence-electron chi connectivity index (χ3n) is 4.60. The highest BCUT2D eigenvalue weighted by atomic mass is 16.5. The van der Waals surface area contributed by atoms with E-state index in [0.717, 1.165) is 16.7 Å². The maximum absolute atomic E-state index is 12.7. The smallest absolute Gasteiger partial charge is 0.342 e. The lowest BCUT2D eigenvalue weighted by Gasteiger charge is -2.10. The van der Waals surface area contributed by atoms with Gasteiger partial charge in [-0.3, -0.25) is 9.48 Å². The summed E-state index contributed by atoms with van der Waals surface area (Å²) in [5.74, 6) is -0.840. The summed E-state index contributed by atoms with van der Waals surface area (Å²) < 4.78 is 6.96. The first-order valence-electron chi connectivity index (χ1n) is 9.41. The van der Waals surface area contributed by atoms with Crippen LogP contribution in [0.15, 0.2) is 54.7 Å². The molecule has 0 N–H and O–H groups in total. The standard InChI is InChI=1S/C23H25N3O3/c1-16-5-9-18(10-6-16)13-26-14-20(23(28)29-15-21(27)25(3)4)22(24-26)19-11-7-17(2)8-12-19/h5-12,14H,13,15H2,1-4H3. The molecule has 1 amide bonds. The van der Waals surface area contributed by atoms with E-state index in [1.54, 1.807) is 25.0 Å². The summed E-state index contributed by atoms with van der Waals surface area (Å²) in [5.41, 5.74) is 5.09. The number of carbonyl (C=O) groups excluding carboxylic acids is 2. The van der Waals surface area contributed by atoms with Crippen molar-refractivity contribution in [3.63, 3.8) is 0 Å². The molecule has 3 rings (SSSR count). The molecule has 0 bridgehead atoms. The van der Waals surface area contributed by atoms with Crippen molar-refractivity contribution in [1.82, 2.24) is 14.7 Å². The summed E-state index contributed by atoms with van der Waals surface area (Å²) in [6.07, 6.45) is 1.68. The molecule has 2 aromatic carbocycles. The van der Waals surface area contributed by atoms with E-state index in [4.69, 9.17) is 4.74 Å². The zero-order valence-electron chi connectivity index (χ0n) is 17.2. The van der Waals surface area contributed by atoms with Gasteiger partial charge in [0.05, 0.1) is 6.54 Å². The lowest BCUT2D eigenvalue weighted by molar-refractivity contribution is -0.131. The van der Waals surface area contributed by atoms with Gasteiger partial charge in [-0.05, 0) is 19.4 Å². The van der Waals surface area contributed by atoms with Crippen molar-refractivity contribution >= 4 is 11.9 Å². The second-order valence-corrected chi connectivity index (χ2v) is 7.30. The SMILES string of the molecule is Cc1ccc(Cn2cc(C(=O)OCC(=O)N(C)C)c(-c3ccc(C)cc3)n2)cc1. The van der Waals surface area contributed by atoms with Gasteiger partial charge in [-0.25, -0.2) is 4.79 Å². The van der Waals surface area contributed by atoms with Crippen molar-refractivity contribution in [1.29, 1.82) is 0 Å². The van der Waals surface area contributed by atoms with E-state index < -0.39 is 5.97 Å². The van der Waals surface area contributed by atoms with Crippen LogP contribution in [0.25, 0.3) is 11.3 Å². The number of hydrogen-bond acceptors (Lipinski definition) is 4. The Morgan fingerprint density at radius 1 is 0.966 bits per heavy atom. The minimum Gasteiger partial charge on any atom is -0.452 e. The molecule has 150 valence electrons. The van der Waals surface area contributed by atoms with Crippen LogP contribution in [0.4, 0.5) is 0 Å². The minimum absolute atomic E-state index is 0.276. The molecule has 0 spiro atoms. The molecule has 0 saturated heterocycles. The first kappa shape index (κ1) is 20.3. The fourth-order valence-corrected chi connectivity index (χ4v) is 2.79. The number of ether oxygens (including phenoxy) is 1. The van der Waals surface area contributed by atoms with Crippen LogP contribution in [0.1, 0.15) is 27.0 Å². The molecular weight excluding hydrogens is 366 g/mol. The largest absolute Gasteiger partial charge is 0.452 e. The Morgan fingerprint density at radius 3 is 2.14 bits per heavy atom. The number of benzene rings is 2. The van der Waals surface area contributed by atoms with Crippen LogP contribution < -0.4 is 0 Å². The number of rotatable bonds is 6. The zero-order valence-corrected chi connectivity index (χ0v) is 17.2. The monoisotopic (exact) mass is 391 g/mol. The van der Waals surface area contributed by atoms with Gasteiger partial charge >= 0.3 is 5.97 Å². The highest BCUT2D eigenvalue weighted by Gasteiger charge is 2.20. The molecule has 0 aliphatic heterocycles. The molecule has 0 radical (unpaired) electrons. The Labute approximate surface area is 170 Å². The second kappa shape index (κ2) is 8.73. The van der Waals surface area contributed by atoms with Crippen molar-refractivity contribution in [2.75, 3.05) is 20.7 Å². The molecule has 1 aromatic heterocycles. The molecule has 6 nitrogen and oxygen atoms in total. The van der Waals surface area contributed by atoms with E-state index in [0.29, 0.717) is 17.8 Å². The van der Waals surface area contributed by atoms with Gasteiger partial charge in [0, 0.05) is 25.9 Å². The Kier molecular flexibility index (Phi) is 6.12. The van der Waals surface area contributed by atoms with Gasteiger partial charge in [-0.2, -0.15) is 5.10 Å². The van der Waals surface area contributed by atoms with Gasteiger partial charge in [0.25, 0.3) is 5.91 Å². The Hall–Kier alpha value is -3.41. The number of amides is 1. The van der Waals surface area contributed by atoms with Gasteiger partial charge in [0.2, 0.25) is 0 Å². The maximum Gasteiger partial charge on any atom is 0.342 e. The third-order valence-corrected chi connectivity index (χ3v) is 4.60. The molecule has 1 heterocycles. The normalized spacial score (nSPS) is 10.6. The average Bonchev–Trinajstić information content (AvgIpc) is 3.12.